The Morgan fingerprint density at radius 1 is 0.842 bits per heavy atom. The monoisotopic (exact) mass is 310 g/mol. The molecule has 0 spiro atoms. The fourth-order valence-electron chi connectivity index (χ4n) is 1.49. The Morgan fingerprint density at radius 3 is 1.74 bits per heavy atom. The molecule has 0 radical (unpaired) electrons. The summed E-state index contributed by atoms with van der Waals surface area (Å²) < 4.78 is 65.9. The van der Waals surface area contributed by atoms with Crippen LogP contribution < -0.4 is 0 Å². The van der Waals surface area contributed by atoms with Gasteiger partial charge in [0.25, 0.3) is 0 Å². The summed E-state index contributed by atoms with van der Waals surface area (Å²) in [7, 11) is 0. The van der Waals surface area contributed by atoms with Gasteiger partial charge >= 0.3 is 0 Å². The van der Waals surface area contributed by atoms with Crippen LogP contribution in [0.5, 0.6) is 0 Å². The van der Waals surface area contributed by atoms with Crippen LogP contribution in [-0.2, 0) is 0 Å². The van der Waals surface area contributed by atoms with Crippen molar-refractivity contribution in [2.45, 2.75) is 23.6 Å². The van der Waals surface area contributed by atoms with Crippen LogP contribution in [0.25, 0.3) is 0 Å². The molecule has 0 nitrogen and oxygen atoms in total. The summed E-state index contributed by atoms with van der Waals surface area (Å²) >= 11 is 1.92. The number of hydrogen-bond acceptors (Lipinski definition) is 2. The number of aryl methyl sites for hydroxylation is 2. The molecule has 0 unspecified atom stereocenters. The summed E-state index contributed by atoms with van der Waals surface area (Å²) in [6, 6.07) is 1.64. The van der Waals surface area contributed by atoms with E-state index in [1.54, 1.807) is 19.9 Å². The van der Waals surface area contributed by atoms with E-state index in [9.17, 15) is 22.0 Å². The molecule has 0 saturated heterocycles. The molecule has 0 aliphatic rings. The molecule has 102 valence electrons. The molecule has 7 heteroatoms. The third-order valence-corrected chi connectivity index (χ3v) is 4.68. The van der Waals surface area contributed by atoms with Gasteiger partial charge in [0.15, 0.2) is 23.3 Å². The van der Waals surface area contributed by atoms with Crippen molar-refractivity contribution in [1.82, 2.24) is 0 Å². The lowest BCUT2D eigenvalue weighted by Crippen LogP contribution is -2.03. The standard InChI is InChI=1S/C12H7F5S2/c1-4-3-6(5(2)18-4)19-12-10(16)8(14)7(13)9(15)11(12)17/h3H,1-2H3. The molecular weight excluding hydrogens is 303 g/mol. The fraction of sp³-hybridized carbons (Fsp3) is 0.167. The molecule has 0 N–H and O–H groups in total. The minimum absolute atomic E-state index is 0.478. The van der Waals surface area contributed by atoms with Crippen LogP contribution in [0.2, 0.25) is 0 Å². The predicted octanol–water partition coefficient (Wildman–Crippen LogP) is 5.21. The lowest BCUT2D eigenvalue weighted by Gasteiger charge is -2.07. The van der Waals surface area contributed by atoms with Gasteiger partial charge in [0.05, 0.1) is 4.90 Å². The van der Waals surface area contributed by atoms with Crippen molar-refractivity contribution < 1.29 is 22.0 Å². The van der Waals surface area contributed by atoms with E-state index in [0.717, 1.165) is 9.75 Å². The van der Waals surface area contributed by atoms with Crippen LogP contribution in [-0.4, -0.2) is 0 Å². The van der Waals surface area contributed by atoms with Crippen molar-refractivity contribution in [3.8, 4) is 0 Å². The zero-order chi connectivity index (χ0) is 14.3. The van der Waals surface area contributed by atoms with Gasteiger partial charge in [0.2, 0.25) is 5.82 Å². The highest BCUT2D eigenvalue weighted by Crippen LogP contribution is 2.39. The van der Waals surface area contributed by atoms with Crippen molar-refractivity contribution in [3.05, 3.63) is 44.9 Å². The maximum absolute atomic E-state index is 13.5. The lowest BCUT2D eigenvalue weighted by molar-refractivity contribution is 0.361. The lowest BCUT2D eigenvalue weighted by atomic mass is 10.3. The molecule has 0 bridgehead atoms. The van der Waals surface area contributed by atoms with E-state index in [1.165, 1.54) is 11.3 Å². The molecule has 1 aromatic heterocycles. The van der Waals surface area contributed by atoms with Gasteiger partial charge in [-0.1, -0.05) is 11.8 Å². The second kappa shape index (κ2) is 5.13. The molecule has 2 rings (SSSR count). The van der Waals surface area contributed by atoms with Crippen molar-refractivity contribution in [3.63, 3.8) is 0 Å². The first-order valence-electron chi connectivity index (χ1n) is 5.09. The summed E-state index contributed by atoms with van der Waals surface area (Å²) in [5, 5.41) is 0. The Labute approximate surface area is 114 Å². The molecular formula is C12H7F5S2. The highest BCUT2D eigenvalue weighted by Gasteiger charge is 2.26. The van der Waals surface area contributed by atoms with Crippen molar-refractivity contribution in [2.24, 2.45) is 0 Å². The maximum atomic E-state index is 13.5. The summed E-state index contributed by atoms with van der Waals surface area (Å²) in [5.41, 5.74) is 0. The van der Waals surface area contributed by atoms with Gasteiger partial charge in [0.1, 0.15) is 0 Å². The summed E-state index contributed by atoms with van der Waals surface area (Å²) in [4.78, 5) is 1.25. The van der Waals surface area contributed by atoms with E-state index in [-0.39, 0.29) is 0 Å². The van der Waals surface area contributed by atoms with Gasteiger partial charge in [0, 0.05) is 14.6 Å². The highest BCUT2D eigenvalue weighted by atomic mass is 32.2. The van der Waals surface area contributed by atoms with Gasteiger partial charge in [-0.05, 0) is 19.9 Å². The third-order valence-electron chi connectivity index (χ3n) is 2.38. The number of benzene rings is 1. The first-order valence-corrected chi connectivity index (χ1v) is 6.72. The number of halogens is 5. The number of hydrogen-bond donors (Lipinski definition) is 0. The van der Waals surface area contributed by atoms with E-state index in [1.807, 2.05) is 0 Å². The van der Waals surface area contributed by atoms with Crippen LogP contribution in [0, 0.1) is 42.9 Å². The fourth-order valence-corrected chi connectivity index (χ4v) is 3.59. The van der Waals surface area contributed by atoms with Crippen LogP contribution in [0.4, 0.5) is 22.0 Å². The molecule has 0 saturated carbocycles. The highest BCUT2D eigenvalue weighted by molar-refractivity contribution is 7.99. The number of thiophene rings is 1. The molecule has 0 aliphatic heterocycles. The normalized spacial score (nSPS) is 11.1. The van der Waals surface area contributed by atoms with E-state index in [4.69, 9.17) is 0 Å². The largest absolute Gasteiger partial charge is 0.202 e. The smallest absolute Gasteiger partial charge is 0.200 e. The van der Waals surface area contributed by atoms with Crippen LogP contribution in [0.3, 0.4) is 0 Å². The van der Waals surface area contributed by atoms with Gasteiger partial charge in [-0.15, -0.1) is 11.3 Å². The first kappa shape index (κ1) is 14.3. The average molecular weight is 310 g/mol. The Morgan fingerprint density at radius 2 is 1.32 bits per heavy atom. The van der Waals surface area contributed by atoms with E-state index in [0.29, 0.717) is 16.7 Å². The van der Waals surface area contributed by atoms with Gasteiger partial charge < -0.3 is 0 Å². The molecule has 1 heterocycles. The first-order chi connectivity index (χ1) is 8.82. The van der Waals surface area contributed by atoms with Gasteiger partial charge in [-0.2, -0.15) is 0 Å². The Bertz CT molecular complexity index is 619. The second-order valence-corrected chi connectivity index (χ2v) is 6.29. The summed E-state index contributed by atoms with van der Waals surface area (Å²) in [6.07, 6.45) is 0. The predicted molar refractivity (Wildman–Crippen MR) is 64.1 cm³/mol. The third kappa shape index (κ3) is 2.49. The molecule has 0 amide bonds. The maximum Gasteiger partial charge on any atom is 0.200 e. The molecule has 19 heavy (non-hydrogen) atoms. The second-order valence-electron chi connectivity index (χ2n) is 3.78. The topological polar surface area (TPSA) is 0 Å². The Hall–Kier alpha value is -1.08. The average Bonchev–Trinajstić information content (AvgIpc) is 2.68. The summed E-state index contributed by atoms with van der Waals surface area (Å²) in [5.74, 6) is -9.59. The Balaban J connectivity index is 2.55. The molecule has 2 aromatic rings. The van der Waals surface area contributed by atoms with Gasteiger partial charge in [-0.3, -0.25) is 0 Å². The van der Waals surface area contributed by atoms with Crippen LogP contribution >= 0.6 is 23.1 Å². The minimum Gasteiger partial charge on any atom is -0.202 e. The van der Waals surface area contributed by atoms with Gasteiger partial charge in [-0.25, -0.2) is 22.0 Å². The van der Waals surface area contributed by atoms with Crippen molar-refractivity contribution >= 4 is 23.1 Å². The van der Waals surface area contributed by atoms with Crippen molar-refractivity contribution in [2.75, 3.05) is 0 Å². The zero-order valence-corrected chi connectivity index (χ0v) is 11.4. The summed E-state index contributed by atoms with van der Waals surface area (Å²) in [6.45, 7) is 3.51. The van der Waals surface area contributed by atoms with Crippen LogP contribution in [0.15, 0.2) is 15.9 Å². The van der Waals surface area contributed by atoms with E-state index < -0.39 is 34.0 Å². The van der Waals surface area contributed by atoms with E-state index >= 15 is 0 Å². The number of rotatable bonds is 2. The molecule has 0 fully saturated rings. The zero-order valence-electron chi connectivity index (χ0n) is 9.78. The molecule has 0 atom stereocenters. The minimum atomic E-state index is -2.14. The van der Waals surface area contributed by atoms with Crippen molar-refractivity contribution in [1.29, 1.82) is 0 Å². The Kier molecular flexibility index (Phi) is 3.87. The molecule has 1 aromatic carbocycles. The van der Waals surface area contributed by atoms with Crippen LogP contribution in [0.1, 0.15) is 9.75 Å². The quantitative estimate of drug-likeness (QED) is 0.417. The SMILES string of the molecule is Cc1cc(Sc2c(F)c(F)c(F)c(F)c2F)c(C)s1. The van der Waals surface area contributed by atoms with E-state index in [2.05, 4.69) is 0 Å². The molecule has 0 aliphatic carbocycles.